The Morgan fingerprint density at radius 3 is 2.44 bits per heavy atom. The Labute approximate surface area is 97.8 Å². The van der Waals surface area contributed by atoms with Gasteiger partial charge in [0.25, 0.3) is 10.0 Å². The van der Waals surface area contributed by atoms with E-state index in [2.05, 4.69) is 10.5 Å². The first-order valence-electron chi connectivity index (χ1n) is 5.00. The number of nitrogens with zero attached hydrogens (tertiary/aromatic N) is 3. The van der Waals surface area contributed by atoms with Gasteiger partial charge in [0.1, 0.15) is 6.34 Å². The zero-order valence-electron chi connectivity index (χ0n) is 10.3. The lowest BCUT2D eigenvalue weighted by molar-refractivity contribution is 0.361. The van der Waals surface area contributed by atoms with E-state index in [1.165, 1.54) is 6.34 Å². The largest absolute Gasteiger partial charge is 0.368 e. The van der Waals surface area contributed by atoms with Crippen LogP contribution in [0.5, 0.6) is 0 Å². The summed E-state index contributed by atoms with van der Waals surface area (Å²) < 4.78 is 26.5. The third-order valence-electron chi connectivity index (χ3n) is 2.03. The third-order valence-corrected chi connectivity index (χ3v) is 3.17. The van der Waals surface area contributed by atoms with Crippen molar-refractivity contribution in [2.45, 2.75) is 26.7 Å². The zero-order chi connectivity index (χ0) is 12.8. The molecule has 0 saturated heterocycles. The molecule has 0 aliphatic rings. The molecule has 5 nitrogen and oxygen atoms in total. The van der Waals surface area contributed by atoms with E-state index in [1.54, 1.807) is 19.0 Å². The lowest BCUT2D eigenvalue weighted by atomic mass is 9.87. The van der Waals surface area contributed by atoms with Crippen LogP contribution in [0.2, 0.25) is 0 Å². The molecule has 0 atom stereocenters. The summed E-state index contributed by atoms with van der Waals surface area (Å²) in [6.07, 6.45) is 2.06. The van der Waals surface area contributed by atoms with Crippen LogP contribution in [-0.4, -0.2) is 39.5 Å². The van der Waals surface area contributed by atoms with E-state index in [0.29, 0.717) is 12.8 Å². The topological polar surface area (TPSA) is 73.5 Å². The Balaban J connectivity index is 4.36. The van der Waals surface area contributed by atoms with Gasteiger partial charge >= 0.3 is 0 Å². The van der Waals surface area contributed by atoms with Crippen molar-refractivity contribution in [2.24, 2.45) is 9.81 Å². The zero-order valence-corrected chi connectivity index (χ0v) is 11.1. The second-order valence-electron chi connectivity index (χ2n) is 4.72. The Morgan fingerprint density at radius 2 is 2.00 bits per heavy atom. The lowest BCUT2D eigenvalue weighted by Crippen LogP contribution is -2.17. The first-order chi connectivity index (χ1) is 7.18. The molecule has 92 valence electrons. The molecule has 0 bridgehead atoms. The first-order valence-corrected chi connectivity index (χ1v) is 6.61. The standard InChI is InChI=1S/C10H19N3O2S/c1-10(2,5-7-11)6-8-16(14,15)12-9-13(3)4/h9H,5-6,8H2,1-4H3/b12-9+. The maximum Gasteiger partial charge on any atom is 0.254 e. The molecule has 16 heavy (non-hydrogen) atoms. The highest BCUT2D eigenvalue weighted by Gasteiger charge is 2.21. The number of hydrogen-bond acceptors (Lipinski definition) is 3. The van der Waals surface area contributed by atoms with Crippen LogP contribution in [0.4, 0.5) is 0 Å². The summed E-state index contributed by atoms with van der Waals surface area (Å²) in [6, 6.07) is 2.05. The van der Waals surface area contributed by atoms with Crippen LogP contribution in [-0.2, 0) is 10.0 Å². The Morgan fingerprint density at radius 1 is 1.44 bits per heavy atom. The fourth-order valence-electron chi connectivity index (χ4n) is 0.926. The van der Waals surface area contributed by atoms with Gasteiger partial charge in [0, 0.05) is 20.5 Å². The van der Waals surface area contributed by atoms with Gasteiger partial charge in [-0.25, -0.2) is 8.42 Å². The average molecular weight is 245 g/mol. The van der Waals surface area contributed by atoms with E-state index in [-0.39, 0.29) is 11.2 Å². The molecule has 0 aromatic rings. The normalized spacial score (nSPS) is 12.7. The molecule has 0 aromatic carbocycles. The van der Waals surface area contributed by atoms with Crippen LogP contribution in [0.25, 0.3) is 0 Å². The van der Waals surface area contributed by atoms with Gasteiger partial charge in [-0.05, 0) is 11.8 Å². The molecular weight excluding hydrogens is 226 g/mol. The van der Waals surface area contributed by atoms with E-state index >= 15 is 0 Å². The van der Waals surface area contributed by atoms with Crippen LogP contribution in [0.3, 0.4) is 0 Å². The molecule has 0 unspecified atom stereocenters. The number of nitriles is 1. The average Bonchev–Trinajstić information content (AvgIpc) is 2.13. The number of sulfonamides is 1. The molecule has 0 spiro atoms. The minimum Gasteiger partial charge on any atom is -0.368 e. The van der Waals surface area contributed by atoms with Gasteiger partial charge in [0.15, 0.2) is 0 Å². The fraction of sp³-hybridized carbons (Fsp3) is 0.800. The molecule has 0 fully saturated rings. The van der Waals surface area contributed by atoms with E-state index in [1.807, 2.05) is 13.8 Å². The minimum atomic E-state index is -3.41. The SMILES string of the molecule is CN(C)/C=N/S(=O)(=O)CCC(C)(C)CC#N. The van der Waals surface area contributed by atoms with Crippen LogP contribution in [0, 0.1) is 16.7 Å². The van der Waals surface area contributed by atoms with Crippen molar-refractivity contribution in [1.82, 2.24) is 4.90 Å². The quantitative estimate of drug-likeness (QED) is 0.521. The smallest absolute Gasteiger partial charge is 0.254 e. The molecular formula is C10H19N3O2S. The Kier molecular flexibility index (Phi) is 5.45. The summed E-state index contributed by atoms with van der Waals surface area (Å²) in [4.78, 5) is 1.57. The van der Waals surface area contributed by atoms with Gasteiger partial charge in [-0.1, -0.05) is 13.8 Å². The van der Waals surface area contributed by atoms with Crippen LogP contribution >= 0.6 is 0 Å². The van der Waals surface area contributed by atoms with E-state index < -0.39 is 10.0 Å². The molecule has 0 heterocycles. The summed E-state index contributed by atoms with van der Waals surface area (Å²) in [6.45, 7) is 3.75. The molecule has 0 aliphatic carbocycles. The van der Waals surface area contributed by atoms with Gasteiger partial charge < -0.3 is 4.90 Å². The highest BCUT2D eigenvalue weighted by atomic mass is 32.2. The summed E-state index contributed by atoms with van der Waals surface area (Å²) in [7, 11) is 0.00418. The monoisotopic (exact) mass is 245 g/mol. The van der Waals surface area contributed by atoms with Crippen molar-refractivity contribution in [3.8, 4) is 6.07 Å². The van der Waals surface area contributed by atoms with E-state index in [0.717, 1.165) is 0 Å². The molecule has 6 heteroatoms. The van der Waals surface area contributed by atoms with Gasteiger partial charge in [-0.15, -0.1) is 0 Å². The van der Waals surface area contributed by atoms with Crippen molar-refractivity contribution in [3.63, 3.8) is 0 Å². The van der Waals surface area contributed by atoms with Crippen molar-refractivity contribution in [1.29, 1.82) is 5.26 Å². The molecule has 0 aromatic heterocycles. The van der Waals surface area contributed by atoms with Gasteiger partial charge in [-0.2, -0.15) is 9.66 Å². The first kappa shape index (κ1) is 14.9. The fourth-order valence-corrected chi connectivity index (χ4v) is 2.17. The summed E-state index contributed by atoms with van der Waals surface area (Å²) in [5.41, 5.74) is -0.282. The van der Waals surface area contributed by atoms with Gasteiger partial charge in [-0.3, -0.25) is 0 Å². The highest BCUT2D eigenvalue weighted by molar-refractivity contribution is 7.90. The maximum absolute atomic E-state index is 11.5. The predicted octanol–water partition coefficient (Wildman–Crippen LogP) is 1.24. The Hall–Kier alpha value is -1.09. The van der Waals surface area contributed by atoms with Crippen LogP contribution in [0.1, 0.15) is 26.7 Å². The van der Waals surface area contributed by atoms with Crippen molar-refractivity contribution < 1.29 is 8.42 Å². The van der Waals surface area contributed by atoms with E-state index in [4.69, 9.17) is 5.26 Å². The van der Waals surface area contributed by atoms with Gasteiger partial charge in [0.05, 0.1) is 11.8 Å². The molecule has 0 aliphatic heterocycles. The van der Waals surface area contributed by atoms with Crippen LogP contribution in [0.15, 0.2) is 4.40 Å². The number of hydrogen-bond donors (Lipinski definition) is 0. The predicted molar refractivity (Wildman–Crippen MR) is 64.6 cm³/mol. The second kappa shape index (κ2) is 5.85. The maximum atomic E-state index is 11.5. The summed E-state index contributed by atoms with van der Waals surface area (Å²) >= 11 is 0. The molecule has 0 rings (SSSR count). The second-order valence-corrected chi connectivity index (χ2v) is 6.50. The van der Waals surface area contributed by atoms with Crippen molar-refractivity contribution >= 4 is 16.4 Å². The van der Waals surface area contributed by atoms with Crippen molar-refractivity contribution in [2.75, 3.05) is 19.8 Å². The lowest BCUT2D eigenvalue weighted by Gasteiger charge is -2.19. The summed E-state index contributed by atoms with van der Waals surface area (Å²) in [5.74, 6) is -0.0218. The Bertz CT molecular complexity index is 377. The minimum absolute atomic E-state index is 0.0218. The highest BCUT2D eigenvalue weighted by Crippen LogP contribution is 2.25. The third kappa shape index (κ3) is 7.23. The summed E-state index contributed by atoms with van der Waals surface area (Å²) in [5, 5.41) is 8.57. The molecule has 0 N–H and O–H groups in total. The van der Waals surface area contributed by atoms with E-state index in [9.17, 15) is 8.42 Å². The number of rotatable bonds is 6. The van der Waals surface area contributed by atoms with Crippen molar-refractivity contribution in [3.05, 3.63) is 0 Å². The molecule has 0 saturated carbocycles. The molecule has 0 amide bonds. The van der Waals surface area contributed by atoms with Crippen LogP contribution < -0.4 is 0 Å². The molecule has 0 radical (unpaired) electrons. The van der Waals surface area contributed by atoms with Gasteiger partial charge in [0.2, 0.25) is 0 Å².